The molecule has 134 valence electrons. The molecule has 1 saturated heterocycles. The van der Waals surface area contributed by atoms with Gasteiger partial charge >= 0.3 is 0 Å². The molecule has 3 rings (SSSR count). The van der Waals surface area contributed by atoms with Gasteiger partial charge in [0.05, 0.1) is 31.7 Å². The van der Waals surface area contributed by atoms with Gasteiger partial charge in [0.1, 0.15) is 12.4 Å². The smallest absolute Gasteiger partial charge is 0.246 e. The summed E-state index contributed by atoms with van der Waals surface area (Å²) in [5.41, 5.74) is 2.78. The number of methoxy groups -OCH3 is 1. The molecular formula is C18H23N3O4. The maximum Gasteiger partial charge on any atom is 0.246 e. The molecule has 0 saturated carbocycles. The Kier molecular flexibility index (Phi) is 6.03. The van der Waals surface area contributed by atoms with E-state index in [-0.39, 0.29) is 18.6 Å². The highest BCUT2D eigenvalue weighted by Gasteiger charge is 2.16. The van der Waals surface area contributed by atoms with E-state index in [9.17, 15) is 4.79 Å². The molecule has 0 spiro atoms. The van der Waals surface area contributed by atoms with Crippen molar-refractivity contribution in [1.82, 2.24) is 15.5 Å². The molecule has 1 fully saturated rings. The predicted molar refractivity (Wildman–Crippen MR) is 92.2 cm³/mol. The molecule has 1 atom stereocenters. The summed E-state index contributed by atoms with van der Waals surface area (Å²) in [6.45, 7) is 1.68. The minimum atomic E-state index is -0.153. The van der Waals surface area contributed by atoms with Crippen molar-refractivity contribution in [3.63, 3.8) is 0 Å². The Hall–Kier alpha value is -2.38. The summed E-state index contributed by atoms with van der Waals surface area (Å²) in [7, 11) is 1.63. The maximum atomic E-state index is 11.9. The summed E-state index contributed by atoms with van der Waals surface area (Å²) >= 11 is 0. The van der Waals surface area contributed by atoms with Crippen molar-refractivity contribution in [3.05, 3.63) is 36.0 Å². The molecule has 0 bridgehead atoms. The minimum Gasteiger partial charge on any atom is -0.497 e. The quantitative estimate of drug-likeness (QED) is 0.763. The lowest BCUT2D eigenvalue weighted by atomic mass is 10.1. The lowest BCUT2D eigenvalue weighted by molar-refractivity contribution is -0.127. The van der Waals surface area contributed by atoms with Crippen LogP contribution >= 0.6 is 0 Å². The van der Waals surface area contributed by atoms with Crippen LogP contribution in [0.25, 0.3) is 11.3 Å². The zero-order valence-electron chi connectivity index (χ0n) is 14.3. The zero-order valence-corrected chi connectivity index (χ0v) is 14.3. The molecule has 25 heavy (non-hydrogen) atoms. The number of rotatable bonds is 8. The first-order valence-electron chi connectivity index (χ1n) is 8.39. The fourth-order valence-electron chi connectivity index (χ4n) is 2.76. The molecule has 1 aliphatic rings. The molecule has 0 radical (unpaired) electrons. The number of hydrogen-bond acceptors (Lipinski definition) is 5. The SMILES string of the molecule is COc1ccc(-c2[nH]ncc2CNC(=O)COCC2CCCO2)cc1. The highest BCUT2D eigenvalue weighted by Crippen LogP contribution is 2.23. The van der Waals surface area contributed by atoms with Crippen LogP contribution in [0.1, 0.15) is 18.4 Å². The predicted octanol–water partition coefficient (Wildman–Crippen LogP) is 1.90. The third kappa shape index (κ3) is 4.80. The first kappa shape index (κ1) is 17.4. The summed E-state index contributed by atoms with van der Waals surface area (Å²) in [5.74, 6) is 0.640. The van der Waals surface area contributed by atoms with Crippen molar-refractivity contribution in [2.75, 3.05) is 26.9 Å². The molecule has 7 nitrogen and oxygen atoms in total. The van der Waals surface area contributed by atoms with Crippen LogP contribution in [0.4, 0.5) is 0 Å². The van der Waals surface area contributed by atoms with Crippen LogP contribution in [-0.4, -0.2) is 49.1 Å². The summed E-state index contributed by atoms with van der Waals surface area (Å²) < 4.78 is 16.0. The number of H-pyrrole nitrogens is 1. The Morgan fingerprint density at radius 2 is 2.24 bits per heavy atom. The largest absolute Gasteiger partial charge is 0.497 e. The molecule has 1 aromatic heterocycles. The number of aromatic amines is 1. The number of nitrogens with one attached hydrogen (secondary N) is 2. The Morgan fingerprint density at radius 1 is 1.40 bits per heavy atom. The third-order valence-corrected chi connectivity index (χ3v) is 4.13. The van der Waals surface area contributed by atoms with Gasteiger partial charge in [0.15, 0.2) is 0 Å². The highest BCUT2D eigenvalue weighted by molar-refractivity contribution is 5.77. The number of amides is 1. The summed E-state index contributed by atoms with van der Waals surface area (Å²) in [6, 6.07) is 7.67. The van der Waals surface area contributed by atoms with Crippen molar-refractivity contribution >= 4 is 5.91 Å². The maximum absolute atomic E-state index is 11.9. The van der Waals surface area contributed by atoms with Crippen molar-refractivity contribution in [3.8, 4) is 17.0 Å². The van der Waals surface area contributed by atoms with Gasteiger partial charge in [0.2, 0.25) is 5.91 Å². The second kappa shape index (κ2) is 8.64. The summed E-state index contributed by atoms with van der Waals surface area (Å²) in [4.78, 5) is 11.9. The van der Waals surface area contributed by atoms with Crippen molar-refractivity contribution in [2.24, 2.45) is 0 Å². The van der Waals surface area contributed by atoms with E-state index in [1.807, 2.05) is 24.3 Å². The van der Waals surface area contributed by atoms with Crippen molar-refractivity contribution in [1.29, 1.82) is 0 Å². The topological polar surface area (TPSA) is 85.5 Å². The van der Waals surface area contributed by atoms with Crippen LogP contribution in [0.3, 0.4) is 0 Å². The van der Waals surface area contributed by atoms with E-state index in [2.05, 4.69) is 15.5 Å². The van der Waals surface area contributed by atoms with Gasteiger partial charge in [0, 0.05) is 24.3 Å². The van der Waals surface area contributed by atoms with Gasteiger partial charge in [-0.25, -0.2) is 0 Å². The van der Waals surface area contributed by atoms with Gasteiger partial charge in [-0.3, -0.25) is 9.89 Å². The van der Waals surface area contributed by atoms with E-state index in [1.165, 1.54) is 0 Å². The van der Waals surface area contributed by atoms with Gasteiger partial charge in [-0.15, -0.1) is 0 Å². The molecule has 2 N–H and O–H groups in total. The molecule has 7 heteroatoms. The van der Waals surface area contributed by atoms with E-state index < -0.39 is 0 Å². The van der Waals surface area contributed by atoms with Crippen molar-refractivity contribution < 1.29 is 19.0 Å². The Morgan fingerprint density at radius 3 is 2.96 bits per heavy atom. The van der Waals surface area contributed by atoms with E-state index in [1.54, 1.807) is 13.3 Å². The Balaban J connectivity index is 1.48. The average molecular weight is 345 g/mol. The molecule has 2 aromatic rings. The van der Waals surface area contributed by atoms with Crippen LogP contribution in [0.15, 0.2) is 30.5 Å². The summed E-state index contributed by atoms with van der Waals surface area (Å²) in [6.07, 6.45) is 3.91. The number of carbonyl (C=O) groups excluding carboxylic acids is 1. The molecule has 2 heterocycles. The molecule has 1 unspecified atom stereocenters. The number of nitrogens with zero attached hydrogens (tertiary/aromatic N) is 1. The van der Waals surface area contributed by atoms with Gasteiger partial charge in [-0.2, -0.15) is 5.10 Å². The lowest BCUT2D eigenvalue weighted by Gasteiger charge is -2.10. The van der Waals surface area contributed by atoms with Crippen molar-refractivity contribution in [2.45, 2.75) is 25.5 Å². The number of benzene rings is 1. The average Bonchev–Trinajstić information content (AvgIpc) is 3.32. The molecule has 1 aliphatic heterocycles. The third-order valence-electron chi connectivity index (χ3n) is 4.13. The fourth-order valence-corrected chi connectivity index (χ4v) is 2.76. The first-order valence-corrected chi connectivity index (χ1v) is 8.39. The van der Waals surface area contributed by atoms with Crippen LogP contribution in [0.2, 0.25) is 0 Å². The Labute approximate surface area is 146 Å². The lowest BCUT2D eigenvalue weighted by Crippen LogP contribution is -2.28. The number of ether oxygens (including phenoxy) is 3. The van der Waals surface area contributed by atoms with Crippen LogP contribution in [0, 0.1) is 0 Å². The summed E-state index contributed by atoms with van der Waals surface area (Å²) in [5, 5.41) is 9.91. The van der Waals surface area contributed by atoms with Gasteiger partial charge < -0.3 is 19.5 Å². The normalized spacial score (nSPS) is 16.8. The number of hydrogen-bond donors (Lipinski definition) is 2. The number of carbonyl (C=O) groups is 1. The molecule has 0 aliphatic carbocycles. The minimum absolute atomic E-state index is 0.0373. The second-order valence-corrected chi connectivity index (χ2v) is 5.93. The van der Waals surface area contributed by atoms with Crippen LogP contribution in [0.5, 0.6) is 5.75 Å². The van der Waals surface area contributed by atoms with Gasteiger partial charge in [-0.1, -0.05) is 0 Å². The van der Waals surface area contributed by atoms with E-state index >= 15 is 0 Å². The van der Waals surface area contributed by atoms with Gasteiger partial charge in [0.25, 0.3) is 0 Å². The van der Waals surface area contributed by atoms with E-state index in [0.29, 0.717) is 13.2 Å². The monoisotopic (exact) mass is 345 g/mol. The Bertz CT molecular complexity index is 678. The highest BCUT2D eigenvalue weighted by atomic mass is 16.5. The van der Waals surface area contributed by atoms with Gasteiger partial charge in [-0.05, 0) is 37.1 Å². The van der Waals surface area contributed by atoms with Crippen LogP contribution in [-0.2, 0) is 20.8 Å². The second-order valence-electron chi connectivity index (χ2n) is 5.93. The molecule has 1 amide bonds. The number of aromatic nitrogens is 2. The fraction of sp³-hybridized carbons (Fsp3) is 0.444. The molecule has 1 aromatic carbocycles. The van der Waals surface area contributed by atoms with E-state index in [4.69, 9.17) is 14.2 Å². The standard InChI is InChI=1S/C18H23N3O4/c1-23-15-6-4-13(5-7-15)18-14(10-20-21-18)9-19-17(22)12-24-11-16-3-2-8-25-16/h4-7,10,16H,2-3,8-9,11-12H2,1H3,(H,19,22)(H,20,21). The van der Waals surface area contributed by atoms with E-state index in [0.717, 1.165) is 42.0 Å². The van der Waals surface area contributed by atoms with Crippen LogP contribution < -0.4 is 10.1 Å². The zero-order chi connectivity index (χ0) is 17.5. The molecular weight excluding hydrogens is 322 g/mol. The first-order chi connectivity index (χ1) is 12.3.